The molecular formula is C17H17N3O5Se. The van der Waals surface area contributed by atoms with Crippen LogP contribution in [0.25, 0.3) is 0 Å². The fourth-order valence-electron chi connectivity index (χ4n) is 2.16. The molecule has 9 heteroatoms. The number of amides is 1. The van der Waals surface area contributed by atoms with E-state index in [0.717, 1.165) is 18.2 Å². The van der Waals surface area contributed by atoms with Crippen molar-refractivity contribution in [2.24, 2.45) is 0 Å². The number of non-ortho nitro benzene ring substituents is 2. The zero-order valence-electron chi connectivity index (χ0n) is 14.1. The van der Waals surface area contributed by atoms with Crippen LogP contribution in [0.3, 0.4) is 0 Å². The molecule has 0 radical (unpaired) electrons. The first kappa shape index (κ1) is 19.6. The quantitative estimate of drug-likeness (QED) is 0.418. The number of carbonyl (C=O) groups is 1. The standard InChI is InChI=1S/C17H17N3O5Se/c1-11(12(2)26-16-6-4-3-5-7-16)18-17(21)13-8-14(19(22)23)10-15(9-13)20(24)25/h3-12H,1-2H3,(H,18,21)/t11-,12-/m1/s1. The molecule has 2 aromatic rings. The maximum atomic E-state index is 12.4. The van der Waals surface area contributed by atoms with Gasteiger partial charge >= 0.3 is 156 Å². The summed E-state index contributed by atoms with van der Waals surface area (Å²) >= 11 is 0.128. The van der Waals surface area contributed by atoms with E-state index in [-0.39, 0.29) is 31.4 Å². The molecule has 26 heavy (non-hydrogen) atoms. The Bertz CT molecular complexity index is 796. The Morgan fingerprint density at radius 2 is 1.54 bits per heavy atom. The molecule has 0 aliphatic rings. The number of nitrogens with zero attached hydrogens (tertiary/aromatic N) is 2. The molecule has 0 fully saturated rings. The Morgan fingerprint density at radius 3 is 2.04 bits per heavy atom. The van der Waals surface area contributed by atoms with E-state index in [2.05, 4.69) is 5.32 Å². The number of nitrogens with one attached hydrogen (secondary N) is 1. The summed E-state index contributed by atoms with van der Waals surface area (Å²) in [5, 5.41) is 24.7. The SMILES string of the molecule is C[C@@H](NC(=O)c1cc([N+](=O)[O-])cc([N+](=O)[O-])c1)[C@@H](C)[Se]c1ccccc1. The minimum absolute atomic E-state index is 0.0999. The fourth-order valence-corrected chi connectivity index (χ4v) is 4.29. The number of benzene rings is 2. The number of hydrogen-bond acceptors (Lipinski definition) is 5. The van der Waals surface area contributed by atoms with E-state index >= 15 is 0 Å². The van der Waals surface area contributed by atoms with Gasteiger partial charge in [-0.3, -0.25) is 0 Å². The molecule has 1 N–H and O–H groups in total. The van der Waals surface area contributed by atoms with E-state index in [1.165, 1.54) is 4.46 Å². The summed E-state index contributed by atoms with van der Waals surface area (Å²) in [5.74, 6) is -0.569. The predicted octanol–water partition coefficient (Wildman–Crippen LogP) is 2.46. The second-order valence-electron chi connectivity index (χ2n) is 5.65. The van der Waals surface area contributed by atoms with Crippen molar-refractivity contribution >= 4 is 36.7 Å². The molecule has 0 aliphatic heterocycles. The molecule has 2 aromatic carbocycles. The van der Waals surface area contributed by atoms with Crippen molar-refractivity contribution in [3.63, 3.8) is 0 Å². The molecule has 0 saturated carbocycles. The van der Waals surface area contributed by atoms with Gasteiger partial charge in [-0.05, 0) is 0 Å². The van der Waals surface area contributed by atoms with Gasteiger partial charge < -0.3 is 0 Å². The Labute approximate surface area is 156 Å². The normalized spacial score (nSPS) is 12.8. The predicted molar refractivity (Wildman–Crippen MR) is 97.9 cm³/mol. The van der Waals surface area contributed by atoms with Gasteiger partial charge in [0, 0.05) is 0 Å². The number of nitro groups is 2. The van der Waals surface area contributed by atoms with Gasteiger partial charge in [-0.15, -0.1) is 0 Å². The molecule has 0 unspecified atom stereocenters. The molecule has 0 aliphatic carbocycles. The van der Waals surface area contributed by atoms with Crippen LogP contribution in [-0.2, 0) is 0 Å². The molecule has 0 spiro atoms. The maximum absolute atomic E-state index is 12.4. The molecule has 0 bridgehead atoms. The summed E-state index contributed by atoms with van der Waals surface area (Å²) in [6.45, 7) is 3.85. The zero-order chi connectivity index (χ0) is 19.3. The Balaban J connectivity index is 2.13. The van der Waals surface area contributed by atoms with Gasteiger partial charge in [0.25, 0.3) is 0 Å². The topological polar surface area (TPSA) is 115 Å². The molecule has 1 amide bonds. The second kappa shape index (κ2) is 8.55. The first-order chi connectivity index (χ1) is 12.3. The number of carbonyl (C=O) groups excluding carboxylic acids is 1. The Hall–Kier alpha value is -2.77. The monoisotopic (exact) mass is 423 g/mol. The van der Waals surface area contributed by atoms with Crippen molar-refractivity contribution in [2.75, 3.05) is 0 Å². The van der Waals surface area contributed by atoms with E-state index in [9.17, 15) is 25.0 Å². The van der Waals surface area contributed by atoms with Crippen molar-refractivity contribution in [1.29, 1.82) is 0 Å². The summed E-state index contributed by atoms with van der Waals surface area (Å²) < 4.78 is 1.19. The van der Waals surface area contributed by atoms with E-state index < -0.39 is 27.1 Å². The molecule has 0 aromatic heterocycles. The van der Waals surface area contributed by atoms with Crippen LogP contribution < -0.4 is 9.78 Å². The summed E-state index contributed by atoms with van der Waals surface area (Å²) in [6, 6.07) is 12.6. The zero-order valence-corrected chi connectivity index (χ0v) is 15.8. The van der Waals surface area contributed by atoms with Gasteiger partial charge in [0.05, 0.1) is 0 Å². The van der Waals surface area contributed by atoms with E-state index in [1.807, 2.05) is 44.2 Å². The average Bonchev–Trinajstić information content (AvgIpc) is 2.61. The second-order valence-corrected chi connectivity index (χ2v) is 8.69. The molecular weight excluding hydrogens is 405 g/mol. The van der Waals surface area contributed by atoms with Gasteiger partial charge in [0.15, 0.2) is 0 Å². The Morgan fingerprint density at radius 1 is 1.00 bits per heavy atom. The van der Waals surface area contributed by atoms with E-state index in [0.29, 0.717) is 0 Å². The Kier molecular flexibility index (Phi) is 6.43. The van der Waals surface area contributed by atoms with Gasteiger partial charge in [0.2, 0.25) is 0 Å². The number of hydrogen-bond donors (Lipinski definition) is 1. The van der Waals surface area contributed by atoms with Crippen LogP contribution in [0.4, 0.5) is 11.4 Å². The van der Waals surface area contributed by atoms with Crippen LogP contribution in [0.1, 0.15) is 24.2 Å². The first-order valence-electron chi connectivity index (χ1n) is 7.74. The minimum atomic E-state index is -0.756. The number of nitro benzene ring substituents is 2. The molecule has 136 valence electrons. The van der Waals surface area contributed by atoms with Gasteiger partial charge in [-0.1, -0.05) is 0 Å². The van der Waals surface area contributed by atoms with Crippen LogP contribution in [-0.4, -0.2) is 36.8 Å². The number of rotatable bonds is 7. The van der Waals surface area contributed by atoms with Crippen LogP contribution in [0.2, 0.25) is 4.82 Å². The van der Waals surface area contributed by atoms with Crippen LogP contribution in [0, 0.1) is 20.2 Å². The van der Waals surface area contributed by atoms with Crippen molar-refractivity contribution in [3.05, 3.63) is 74.3 Å². The van der Waals surface area contributed by atoms with Gasteiger partial charge in [-0.25, -0.2) is 0 Å². The third-order valence-corrected chi connectivity index (χ3v) is 6.49. The summed E-state index contributed by atoms with van der Waals surface area (Å²) in [7, 11) is 0. The molecule has 0 heterocycles. The fraction of sp³-hybridized carbons (Fsp3) is 0.235. The van der Waals surface area contributed by atoms with Crippen molar-refractivity contribution in [1.82, 2.24) is 5.32 Å². The molecule has 8 nitrogen and oxygen atoms in total. The third kappa shape index (κ3) is 5.11. The molecule has 2 rings (SSSR count). The van der Waals surface area contributed by atoms with E-state index in [4.69, 9.17) is 0 Å². The van der Waals surface area contributed by atoms with Gasteiger partial charge in [-0.2, -0.15) is 0 Å². The van der Waals surface area contributed by atoms with Crippen LogP contribution in [0.15, 0.2) is 48.5 Å². The van der Waals surface area contributed by atoms with Crippen LogP contribution >= 0.6 is 0 Å². The third-order valence-electron chi connectivity index (χ3n) is 3.71. The summed E-state index contributed by atoms with van der Waals surface area (Å²) in [5.41, 5.74) is -1.07. The van der Waals surface area contributed by atoms with E-state index in [1.54, 1.807) is 0 Å². The molecule has 2 atom stereocenters. The first-order valence-corrected chi connectivity index (χ1v) is 9.59. The van der Waals surface area contributed by atoms with Gasteiger partial charge in [0.1, 0.15) is 0 Å². The van der Waals surface area contributed by atoms with Crippen molar-refractivity contribution in [3.8, 4) is 0 Å². The summed E-state index contributed by atoms with van der Waals surface area (Å²) in [4.78, 5) is 32.9. The van der Waals surface area contributed by atoms with Crippen LogP contribution in [0.5, 0.6) is 0 Å². The average molecular weight is 422 g/mol. The van der Waals surface area contributed by atoms with Crippen molar-refractivity contribution in [2.45, 2.75) is 24.7 Å². The van der Waals surface area contributed by atoms with Crippen molar-refractivity contribution < 1.29 is 14.6 Å². The summed E-state index contributed by atoms with van der Waals surface area (Å²) in [6.07, 6.45) is 0. The molecule has 0 saturated heterocycles.